The summed E-state index contributed by atoms with van der Waals surface area (Å²) in [5.41, 5.74) is 16.4. The Morgan fingerprint density at radius 3 is 1.95 bits per heavy atom. The van der Waals surface area contributed by atoms with Gasteiger partial charge in [0.15, 0.2) is 0 Å². The molecule has 1 aliphatic carbocycles. The zero-order valence-corrected chi connectivity index (χ0v) is 12.7. The van der Waals surface area contributed by atoms with E-state index in [0.717, 1.165) is 11.8 Å². The maximum Gasteiger partial charge on any atom is 0.248 e. The number of hydrogen-bond donors (Lipinski definition) is 3. The second kappa shape index (κ2) is 7.78. The van der Waals surface area contributed by atoms with Gasteiger partial charge >= 0.3 is 0 Å². The Balaban J connectivity index is 0.000000219. The molecule has 1 saturated carbocycles. The van der Waals surface area contributed by atoms with Crippen LogP contribution in [0.1, 0.15) is 53.8 Å². The van der Waals surface area contributed by atoms with Crippen LogP contribution in [0.25, 0.3) is 0 Å². The summed E-state index contributed by atoms with van der Waals surface area (Å²) in [6.45, 7) is 4.59. The maximum atomic E-state index is 10.6. The highest BCUT2D eigenvalue weighted by Crippen LogP contribution is 2.26. The number of rotatable bonds is 2. The zero-order chi connectivity index (χ0) is 16.0. The van der Waals surface area contributed by atoms with Crippen molar-refractivity contribution >= 4 is 11.8 Å². The van der Waals surface area contributed by atoms with Crippen LogP contribution in [0.3, 0.4) is 0 Å². The number of carbonyl (C=O) groups excluding carboxylic acids is 2. The minimum absolute atomic E-state index is 0.284. The van der Waals surface area contributed by atoms with Gasteiger partial charge in [-0.25, -0.2) is 0 Å². The topological polar surface area (TPSA) is 112 Å². The van der Waals surface area contributed by atoms with Gasteiger partial charge in [0.05, 0.1) is 0 Å². The van der Waals surface area contributed by atoms with Crippen molar-refractivity contribution in [3.8, 4) is 0 Å². The Hall–Kier alpha value is -1.88. The predicted molar refractivity (Wildman–Crippen MR) is 83.6 cm³/mol. The summed E-state index contributed by atoms with van der Waals surface area (Å²) < 4.78 is 0. The van der Waals surface area contributed by atoms with Gasteiger partial charge in [0.2, 0.25) is 11.8 Å². The first-order valence-corrected chi connectivity index (χ1v) is 7.26. The highest BCUT2D eigenvalue weighted by atomic mass is 16.1. The van der Waals surface area contributed by atoms with Crippen molar-refractivity contribution in [2.24, 2.45) is 29.0 Å². The third kappa shape index (κ3) is 5.55. The molecule has 0 aromatic heterocycles. The van der Waals surface area contributed by atoms with E-state index in [2.05, 4.69) is 13.8 Å². The van der Waals surface area contributed by atoms with Gasteiger partial charge < -0.3 is 17.2 Å². The van der Waals surface area contributed by atoms with Crippen molar-refractivity contribution in [2.75, 3.05) is 0 Å². The standard InChI is InChI=1S/C8H8N2O2.C8H17N/c9-7(11)5-2-1-3-6(4-5)8(10)12;1-6-3-4-8(9)7(2)5-6/h1-4H,(H2,9,11)(H2,10,12);6-8H,3-5,9H2,1-2H3. The van der Waals surface area contributed by atoms with E-state index in [9.17, 15) is 9.59 Å². The fourth-order valence-corrected chi connectivity index (χ4v) is 2.51. The van der Waals surface area contributed by atoms with E-state index in [1.165, 1.54) is 37.5 Å². The second-order valence-corrected chi connectivity index (χ2v) is 5.87. The Labute approximate surface area is 125 Å². The largest absolute Gasteiger partial charge is 0.366 e. The van der Waals surface area contributed by atoms with Crippen LogP contribution in [0.15, 0.2) is 24.3 Å². The lowest BCUT2D eigenvalue weighted by atomic mass is 9.80. The first-order valence-electron chi connectivity index (χ1n) is 7.26. The van der Waals surface area contributed by atoms with E-state index >= 15 is 0 Å². The molecule has 3 unspecified atom stereocenters. The van der Waals surface area contributed by atoms with Crippen LogP contribution >= 0.6 is 0 Å². The normalized spacial score (nSPS) is 24.6. The SMILES string of the molecule is CC1CCC(N)C(C)C1.NC(=O)c1cccc(C(N)=O)c1. The van der Waals surface area contributed by atoms with E-state index in [1.54, 1.807) is 6.07 Å². The van der Waals surface area contributed by atoms with Gasteiger partial charge in [0, 0.05) is 17.2 Å². The molecule has 1 aromatic carbocycles. The fraction of sp³-hybridized carbons (Fsp3) is 0.500. The van der Waals surface area contributed by atoms with E-state index in [0.29, 0.717) is 6.04 Å². The number of benzene rings is 1. The van der Waals surface area contributed by atoms with Crippen molar-refractivity contribution in [1.82, 2.24) is 0 Å². The predicted octanol–water partition coefficient (Wildman–Crippen LogP) is 1.65. The van der Waals surface area contributed by atoms with Crippen LogP contribution in [0, 0.1) is 11.8 Å². The molecular formula is C16H25N3O2. The summed E-state index contributed by atoms with van der Waals surface area (Å²) >= 11 is 0. The minimum atomic E-state index is -0.571. The monoisotopic (exact) mass is 291 g/mol. The molecule has 2 rings (SSSR count). The quantitative estimate of drug-likeness (QED) is 0.770. The molecule has 0 aliphatic heterocycles. The minimum Gasteiger partial charge on any atom is -0.366 e. The van der Waals surface area contributed by atoms with Gasteiger partial charge in [-0.2, -0.15) is 0 Å². The zero-order valence-electron chi connectivity index (χ0n) is 12.7. The fourth-order valence-electron chi connectivity index (χ4n) is 2.51. The summed E-state index contributed by atoms with van der Waals surface area (Å²) in [4.78, 5) is 21.3. The van der Waals surface area contributed by atoms with Crippen molar-refractivity contribution in [3.05, 3.63) is 35.4 Å². The van der Waals surface area contributed by atoms with Crippen LogP contribution in [-0.2, 0) is 0 Å². The molecule has 1 aliphatic rings. The summed E-state index contributed by atoms with van der Waals surface area (Å²) in [7, 11) is 0. The van der Waals surface area contributed by atoms with Crippen molar-refractivity contribution in [3.63, 3.8) is 0 Å². The lowest BCUT2D eigenvalue weighted by Crippen LogP contribution is -2.33. The molecule has 5 nitrogen and oxygen atoms in total. The highest BCUT2D eigenvalue weighted by Gasteiger charge is 2.21. The summed E-state index contributed by atoms with van der Waals surface area (Å²) in [6, 6.07) is 6.45. The molecule has 116 valence electrons. The third-order valence-electron chi connectivity index (χ3n) is 3.93. The van der Waals surface area contributed by atoms with Crippen molar-refractivity contribution in [2.45, 2.75) is 39.2 Å². The Kier molecular flexibility index (Phi) is 6.37. The lowest BCUT2D eigenvalue weighted by Gasteiger charge is -2.29. The van der Waals surface area contributed by atoms with Crippen LogP contribution in [0.2, 0.25) is 0 Å². The summed E-state index contributed by atoms with van der Waals surface area (Å²) in [6.07, 6.45) is 3.91. The number of carbonyl (C=O) groups is 2. The van der Waals surface area contributed by atoms with Gasteiger partial charge in [0.1, 0.15) is 0 Å². The number of amides is 2. The van der Waals surface area contributed by atoms with Crippen LogP contribution in [0.4, 0.5) is 0 Å². The molecule has 1 fully saturated rings. The molecule has 2 amide bonds. The second-order valence-electron chi connectivity index (χ2n) is 5.87. The molecule has 5 heteroatoms. The number of hydrogen-bond acceptors (Lipinski definition) is 3. The maximum absolute atomic E-state index is 10.6. The van der Waals surface area contributed by atoms with Crippen LogP contribution in [0.5, 0.6) is 0 Å². The van der Waals surface area contributed by atoms with Gasteiger partial charge in [0.25, 0.3) is 0 Å². The molecular weight excluding hydrogens is 266 g/mol. The molecule has 0 heterocycles. The van der Waals surface area contributed by atoms with Crippen LogP contribution < -0.4 is 17.2 Å². The Morgan fingerprint density at radius 1 is 1.05 bits per heavy atom. The van der Waals surface area contributed by atoms with Gasteiger partial charge in [-0.05, 0) is 49.3 Å². The molecule has 0 bridgehead atoms. The molecule has 0 spiro atoms. The summed E-state index contributed by atoms with van der Waals surface area (Å²) in [5, 5.41) is 0. The average molecular weight is 291 g/mol. The molecule has 0 radical (unpaired) electrons. The molecule has 1 aromatic rings. The van der Waals surface area contributed by atoms with E-state index in [-0.39, 0.29) is 11.1 Å². The number of nitrogens with two attached hydrogens (primary N) is 3. The van der Waals surface area contributed by atoms with Gasteiger partial charge in [-0.1, -0.05) is 19.9 Å². The Morgan fingerprint density at radius 2 is 1.57 bits per heavy atom. The highest BCUT2D eigenvalue weighted by molar-refractivity contribution is 5.98. The van der Waals surface area contributed by atoms with Crippen molar-refractivity contribution in [1.29, 1.82) is 0 Å². The third-order valence-corrected chi connectivity index (χ3v) is 3.93. The molecule has 0 saturated heterocycles. The van der Waals surface area contributed by atoms with E-state index in [4.69, 9.17) is 17.2 Å². The summed E-state index contributed by atoms with van der Waals surface area (Å²) in [5.74, 6) is 0.532. The average Bonchev–Trinajstić information content (AvgIpc) is 2.44. The first kappa shape index (κ1) is 17.2. The number of primary amides is 2. The molecule has 6 N–H and O–H groups in total. The van der Waals surface area contributed by atoms with E-state index < -0.39 is 11.8 Å². The van der Waals surface area contributed by atoms with E-state index in [1.807, 2.05) is 0 Å². The molecule has 21 heavy (non-hydrogen) atoms. The van der Waals surface area contributed by atoms with Crippen LogP contribution in [-0.4, -0.2) is 17.9 Å². The Bertz CT molecular complexity index is 473. The van der Waals surface area contributed by atoms with Gasteiger partial charge in [-0.15, -0.1) is 0 Å². The lowest BCUT2D eigenvalue weighted by molar-refractivity contribution is 0.0999. The first-order chi connectivity index (χ1) is 9.81. The molecule has 3 atom stereocenters. The smallest absolute Gasteiger partial charge is 0.248 e. The van der Waals surface area contributed by atoms with Crippen molar-refractivity contribution < 1.29 is 9.59 Å². The van der Waals surface area contributed by atoms with Gasteiger partial charge in [-0.3, -0.25) is 9.59 Å².